The maximum absolute atomic E-state index is 6.37. The Morgan fingerprint density at radius 3 is 2.00 bits per heavy atom. The van der Waals surface area contributed by atoms with Crippen LogP contribution in [0, 0.1) is 0 Å². The SMILES string of the molecule is CCC.COC1(C)C(C)(C2COC(C)(C)O2)OC2(C)OCOC21C. The zero-order valence-corrected chi connectivity index (χ0v) is 16.6. The second-order valence-electron chi connectivity index (χ2n) is 7.86. The topological polar surface area (TPSA) is 55.4 Å². The van der Waals surface area contributed by atoms with Crippen molar-refractivity contribution in [2.75, 3.05) is 20.5 Å². The molecule has 0 saturated carbocycles. The van der Waals surface area contributed by atoms with Gasteiger partial charge in [-0.3, -0.25) is 0 Å². The summed E-state index contributed by atoms with van der Waals surface area (Å²) in [6.45, 7) is 16.5. The molecular weight excluding hydrogens is 312 g/mol. The van der Waals surface area contributed by atoms with Gasteiger partial charge in [0, 0.05) is 7.11 Å². The Bertz CT molecular complexity index is 468. The summed E-state index contributed by atoms with van der Waals surface area (Å²) in [5, 5.41) is 0. The quantitative estimate of drug-likeness (QED) is 0.765. The monoisotopic (exact) mass is 346 g/mol. The summed E-state index contributed by atoms with van der Waals surface area (Å²) in [4.78, 5) is 0. The number of ether oxygens (including phenoxy) is 6. The fraction of sp³-hybridized carbons (Fsp3) is 1.00. The molecule has 0 aromatic carbocycles. The van der Waals surface area contributed by atoms with Crippen LogP contribution in [0.3, 0.4) is 0 Å². The van der Waals surface area contributed by atoms with Crippen molar-refractivity contribution < 1.29 is 28.4 Å². The fourth-order valence-electron chi connectivity index (χ4n) is 3.93. The molecule has 3 aliphatic heterocycles. The van der Waals surface area contributed by atoms with E-state index in [1.54, 1.807) is 7.11 Å². The molecule has 0 aromatic heterocycles. The highest BCUT2D eigenvalue weighted by molar-refractivity contribution is 5.23. The average Bonchev–Trinajstić information content (AvgIpc) is 3.03. The zero-order valence-electron chi connectivity index (χ0n) is 16.6. The Morgan fingerprint density at radius 1 is 0.958 bits per heavy atom. The molecule has 5 unspecified atom stereocenters. The molecule has 3 saturated heterocycles. The lowest BCUT2D eigenvalue weighted by atomic mass is 9.71. The lowest BCUT2D eigenvalue weighted by Crippen LogP contribution is -2.65. The third kappa shape index (κ3) is 2.54. The maximum Gasteiger partial charge on any atom is 0.200 e. The van der Waals surface area contributed by atoms with Gasteiger partial charge in [-0.15, -0.1) is 0 Å². The van der Waals surface area contributed by atoms with Gasteiger partial charge in [-0.05, 0) is 41.5 Å². The van der Waals surface area contributed by atoms with E-state index in [2.05, 4.69) is 13.8 Å². The average molecular weight is 346 g/mol. The maximum atomic E-state index is 6.37. The molecule has 0 N–H and O–H groups in total. The summed E-state index contributed by atoms with van der Waals surface area (Å²) in [6, 6.07) is 0. The Hall–Kier alpha value is -0.240. The van der Waals surface area contributed by atoms with Crippen LogP contribution in [0.5, 0.6) is 0 Å². The van der Waals surface area contributed by atoms with E-state index in [0.717, 1.165) is 0 Å². The number of hydrogen-bond donors (Lipinski definition) is 0. The highest BCUT2D eigenvalue weighted by Gasteiger charge is 2.79. The predicted octanol–water partition coefficient (Wildman–Crippen LogP) is 3.23. The standard InChI is InChI=1S/C15H26O6.C3H8/c1-11(2)17-8-10(20-11)12(3)13(4,16-7)14(5)15(6,21-12)19-9-18-14;1-3-2/h10H,8-9H2,1-7H3;3H2,1-2H3. The van der Waals surface area contributed by atoms with Crippen molar-refractivity contribution in [3.8, 4) is 0 Å². The summed E-state index contributed by atoms with van der Waals surface area (Å²) >= 11 is 0. The summed E-state index contributed by atoms with van der Waals surface area (Å²) < 4.78 is 35.7. The predicted molar refractivity (Wildman–Crippen MR) is 89.6 cm³/mol. The first-order chi connectivity index (χ1) is 11.0. The van der Waals surface area contributed by atoms with Gasteiger partial charge in [-0.2, -0.15) is 0 Å². The van der Waals surface area contributed by atoms with Crippen molar-refractivity contribution in [1.82, 2.24) is 0 Å². The summed E-state index contributed by atoms with van der Waals surface area (Å²) in [5.41, 5.74) is -2.25. The van der Waals surface area contributed by atoms with Crippen LogP contribution >= 0.6 is 0 Å². The van der Waals surface area contributed by atoms with Crippen molar-refractivity contribution in [2.24, 2.45) is 0 Å². The van der Waals surface area contributed by atoms with E-state index in [1.165, 1.54) is 6.42 Å². The van der Waals surface area contributed by atoms with E-state index in [4.69, 9.17) is 28.4 Å². The van der Waals surface area contributed by atoms with Crippen molar-refractivity contribution in [2.45, 2.75) is 96.3 Å². The van der Waals surface area contributed by atoms with Gasteiger partial charge in [0.15, 0.2) is 18.2 Å². The van der Waals surface area contributed by atoms with Gasteiger partial charge in [-0.25, -0.2) is 0 Å². The minimum Gasteiger partial charge on any atom is -0.372 e. The first-order valence-electron chi connectivity index (χ1n) is 8.80. The van der Waals surface area contributed by atoms with Crippen LogP contribution in [0.4, 0.5) is 0 Å². The van der Waals surface area contributed by atoms with Crippen molar-refractivity contribution in [1.29, 1.82) is 0 Å². The second-order valence-corrected chi connectivity index (χ2v) is 7.86. The third-order valence-corrected chi connectivity index (χ3v) is 5.84. The van der Waals surface area contributed by atoms with Gasteiger partial charge in [-0.1, -0.05) is 20.3 Å². The van der Waals surface area contributed by atoms with Gasteiger partial charge < -0.3 is 28.4 Å². The molecule has 6 heteroatoms. The smallest absolute Gasteiger partial charge is 0.200 e. The molecule has 142 valence electrons. The minimum absolute atomic E-state index is 0.190. The minimum atomic E-state index is -0.886. The zero-order chi connectivity index (χ0) is 18.4. The van der Waals surface area contributed by atoms with E-state index < -0.39 is 28.4 Å². The van der Waals surface area contributed by atoms with Gasteiger partial charge in [0.05, 0.1) is 6.61 Å². The number of hydrogen-bond acceptors (Lipinski definition) is 6. The lowest BCUT2D eigenvalue weighted by Gasteiger charge is -2.46. The molecule has 5 atom stereocenters. The second kappa shape index (κ2) is 6.18. The van der Waals surface area contributed by atoms with E-state index in [1.807, 2.05) is 41.5 Å². The Morgan fingerprint density at radius 2 is 1.54 bits per heavy atom. The molecule has 0 aromatic rings. The summed E-state index contributed by atoms with van der Waals surface area (Å²) in [5.74, 6) is -1.52. The van der Waals surface area contributed by atoms with E-state index in [9.17, 15) is 0 Å². The molecule has 3 heterocycles. The van der Waals surface area contributed by atoms with E-state index >= 15 is 0 Å². The Balaban J connectivity index is 0.000000647. The van der Waals surface area contributed by atoms with Crippen LogP contribution in [0.1, 0.15) is 61.8 Å². The van der Waals surface area contributed by atoms with Crippen molar-refractivity contribution in [3.63, 3.8) is 0 Å². The first kappa shape index (κ1) is 20.1. The number of fused-ring (bicyclic) bond motifs is 1. The summed E-state index contributed by atoms with van der Waals surface area (Å²) in [7, 11) is 1.67. The lowest BCUT2D eigenvalue weighted by molar-refractivity contribution is -0.272. The number of methoxy groups -OCH3 is 1. The van der Waals surface area contributed by atoms with Gasteiger partial charge >= 0.3 is 0 Å². The molecule has 0 radical (unpaired) electrons. The van der Waals surface area contributed by atoms with E-state index in [-0.39, 0.29) is 12.9 Å². The molecule has 24 heavy (non-hydrogen) atoms. The largest absolute Gasteiger partial charge is 0.372 e. The van der Waals surface area contributed by atoms with Gasteiger partial charge in [0.2, 0.25) is 5.79 Å². The summed E-state index contributed by atoms with van der Waals surface area (Å²) in [6.07, 6.45) is 0.976. The molecule has 3 aliphatic rings. The molecule has 3 rings (SSSR count). The number of rotatable bonds is 2. The van der Waals surface area contributed by atoms with Crippen LogP contribution in [-0.4, -0.2) is 55.0 Å². The molecule has 3 fully saturated rings. The fourth-order valence-corrected chi connectivity index (χ4v) is 3.93. The molecule has 6 nitrogen and oxygen atoms in total. The Labute approximate surface area is 146 Å². The molecule has 0 bridgehead atoms. The molecular formula is C18H34O6. The Kier molecular flexibility index (Phi) is 5.17. The molecule has 0 spiro atoms. The van der Waals surface area contributed by atoms with E-state index in [0.29, 0.717) is 6.61 Å². The van der Waals surface area contributed by atoms with Crippen LogP contribution in [0.25, 0.3) is 0 Å². The van der Waals surface area contributed by atoms with Crippen molar-refractivity contribution in [3.05, 3.63) is 0 Å². The van der Waals surface area contributed by atoms with Crippen LogP contribution in [0.15, 0.2) is 0 Å². The van der Waals surface area contributed by atoms with Crippen LogP contribution in [0.2, 0.25) is 0 Å². The highest BCUT2D eigenvalue weighted by Crippen LogP contribution is 2.60. The van der Waals surface area contributed by atoms with Crippen molar-refractivity contribution >= 4 is 0 Å². The van der Waals surface area contributed by atoms with Gasteiger partial charge in [0.25, 0.3) is 0 Å². The molecule has 0 aliphatic carbocycles. The van der Waals surface area contributed by atoms with Crippen LogP contribution in [-0.2, 0) is 28.4 Å². The third-order valence-electron chi connectivity index (χ3n) is 5.84. The first-order valence-corrected chi connectivity index (χ1v) is 8.80. The van der Waals surface area contributed by atoms with Crippen LogP contribution < -0.4 is 0 Å². The van der Waals surface area contributed by atoms with Gasteiger partial charge in [0.1, 0.15) is 17.3 Å². The molecule has 0 amide bonds. The normalized spacial score (nSPS) is 49.6. The highest BCUT2D eigenvalue weighted by atomic mass is 16.9.